The minimum atomic E-state index is -1.22. The zero-order valence-electron chi connectivity index (χ0n) is 11.8. The molecule has 0 radical (unpaired) electrons. The number of aliphatic carboxylic acids is 2. The van der Waals surface area contributed by atoms with Gasteiger partial charge in [0.1, 0.15) is 6.04 Å². The molecule has 0 saturated heterocycles. The highest BCUT2D eigenvalue weighted by atomic mass is 16.4. The van der Waals surface area contributed by atoms with Gasteiger partial charge in [-0.15, -0.1) is 0 Å². The van der Waals surface area contributed by atoms with E-state index in [9.17, 15) is 24.6 Å². The zero-order valence-corrected chi connectivity index (χ0v) is 11.8. The molecule has 3 N–H and O–H groups in total. The van der Waals surface area contributed by atoms with Gasteiger partial charge >= 0.3 is 11.9 Å². The van der Waals surface area contributed by atoms with E-state index in [-0.39, 0.29) is 19.4 Å². The van der Waals surface area contributed by atoms with Gasteiger partial charge in [0.05, 0.1) is 6.20 Å². The number of pyridine rings is 1. The fraction of sp³-hybridized carbons (Fsp3) is 0.462. The number of hydrogen-bond donors (Lipinski definition) is 3. The zero-order chi connectivity index (χ0) is 16.2. The molecular weight excluding hydrogens is 280 g/mol. The van der Waals surface area contributed by atoms with Gasteiger partial charge in [-0.05, 0) is 20.5 Å². The maximum atomic E-state index is 11.5. The summed E-state index contributed by atoms with van der Waals surface area (Å²) in [5.41, 5.74) is -0.217. The summed E-state index contributed by atoms with van der Waals surface area (Å²) in [4.78, 5) is 35.2. The van der Waals surface area contributed by atoms with E-state index in [1.807, 2.05) is 0 Å². The van der Waals surface area contributed by atoms with E-state index in [1.165, 1.54) is 4.57 Å². The molecular formula is C13H18N2O6. The number of aromatic hydroxyl groups is 1. The lowest BCUT2D eigenvalue weighted by atomic mass is 10.1. The van der Waals surface area contributed by atoms with Gasteiger partial charge in [-0.25, -0.2) is 4.79 Å². The molecule has 0 aliphatic rings. The Labute approximate surface area is 120 Å². The number of aromatic nitrogens is 1. The van der Waals surface area contributed by atoms with Crippen LogP contribution in [0, 0.1) is 0 Å². The summed E-state index contributed by atoms with van der Waals surface area (Å²) in [6, 6.07) is -0.00554. The second-order valence-electron chi connectivity index (χ2n) is 4.95. The highest BCUT2D eigenvalue weighted by Crippen LogP contribution is 2.19. The Morgan fingerprint density at radius 2 is 1.95 bits per heavy atom. The van der Waals surface area contributed by atoms with Crippen LogP contribution in [0.2, 0.25) is 0 Å². The standard InChI is InChI=1S/C13H18N2O6/c1-14(2)6-8-5-10(16)11(17)7-15(8)9(13(20)21)3-4-12(18)19/h5,7,9,17H,3-4,6H2,1-2H3,(H,18,19)(H,20,21). The average Bonchev–Trinajstić information content (AvgIpc) is 2.33. The average molecular weight is 298 g/mol. The van der Waals surface area contributed by atoms with Crippen LogP contribution in [0.5, 0.6) is 5.75 Å². The number of carbonyl (C=O) groups is 2. The summed E-state index contributed by atoms with van der Waals surface area (Å²) in [7, 11) is 3.49. The minimum absolute atomic E-state index is 0.145. The predicted molar refractivity (Wildman–Crippen MR) is 73.3 cm³/mol. The molecule has 0 aromatic carbocycles. The molecule has 0 bridgehead atoms. The van der Waals surface area contributed by atoms with E-state index in [0.29, 0.717) is 5.69 Å². The normalized spacial score (nSPS) is 12.3. The second kappa shape index (κ2) is 6.89. The minimum Gasteiger partial charge on any atom is -0.503 e. The van der Waals surface area contributed by atoms with Crippen molar-refractivity contribution in [1.29, 1.82) is 0 Å². The van der Waals surface area contributed by atoms with Crippen molar-refractivity contribution in [1.82, 2.24) is 9.47 Å². The molecule has 0 aliphatic heterocycles. The molecule has 0 saturated carbocycles. The van der Waals surface area contributed by atoms with Gasteiger partial charge in [0, 0.05) is 24.7 Å². The SMILES string of the molecule is CN(C)Cc1cc(=O)c(O)cn1C(CCC(=O)O)C(=O)O. The first-order valence-corrected chi connectivity index (χ1v) is 6.25. The molecule has 8 nitrogen and oxygen atoms in total. The topological polar surface area (TPSA) is 120 Å². The van der Waals surface area contributed by atoms with Crippen molar-refractivity contribution >= 4 is 11.9 Å². The first-order valence-electron chi connectivity index (χ1n) is 6.25. The van der Waals surface area contributed by atoms with Crippen LogP contribution in [0.4, 0.5) is 0 Å². The van der Waals surface area contributed by atoms with Crippen LogP contribution in [0.3, 0.4) is 0 Å². The van der Waals surface area contributed by atoms with Crippen molar-refractivity contribution in [3.8, 4) is 5.75 Å². The Balaban J connectivity index is 3.27. The molecule has 0 fully saturated rings. The van der Waals surface area contributed by atoms with Crippen LogP contribution in [0.15, 0.2) is 17.1 Å². The van der Waals surface area contributed by atoms with Gasteiger partial charge in [0.2, 0.25) is 5.43 Å². The molecule has 1 atom stereocenters. The smallest absolute Gasteiger partial charge is 0.326 e. The lowest BCUT2D eigenvalue weighted by Crippen LogP contribution is -2.27. The Hall–Kier alpha value is -2.35. The molecule has 1 unspecified atom stereocenters. The van der Waals surface area contributed by atoms with Crippen LogP contribution in [0.25, 0.3) is 0 Å². The maximum Gasteiger partial charge on any atom is 0.326 e. The van der Waals surface area contributed by atoms with Crippen LogP contribution < -0.4 is 5.43 Å². The summed E-state index contributed by atoms with van der Waals surface area (Å²) in [6.45, 7) is 0.284. The van der Waals surface area contributed by atoms with Crippen molar-refractivity contribution in [2.75, 3.05) is 14.1 Å². The lowest BCUT2D eigenvalue weighted by molar-refractivity contribution is -0.142. The van der Waals surface area contributed by atoms with E-state index in [2.05, 4.69) is 0 Å². The first-order chi connectivity index (χ1) is 9.72. The van der Waals surface area contributed by atoms with Gasteiger partial charge in [0.15, 0.2) is 5.75 Å². The maximum absolute atomic E-state index is 11.5. The van der Waals surface area contributed by atoms with E-state index in [0.717, 1.165) is 12.3 Å². The summed E-state index contributed by atoms with van der Waals surface area (Å²) < 4.78 is 1.24. The van der Waals surface area contributed by atoms with Crippen LogP contribution in [-0.4, -0.2) is 50.8 Å². The van der Waals surface area contributed by atoms with Crippen molar-refractivity contribution in [2.45, 2.75) is 25.4 Å². The largest absolute Gasteiger partial charge is 0.503 e. The predicted octanol–water partition coefficient (Wildman–Crippen LogP) is 0.106. The highest BCUT2D eigenvalue weighted by Gasteiger charge is 2.23. The van der Waals surface area contributed by atoms with Crippen LogP contribution in [0.1, 0.15) is 24.6 Å². The monoisotopic (exact) mass is 298 g/mol. The van der Waals surface area contributed by atoms with Gasteiger partial charge in [-0.2, -0.15) is 0 Å². The third-order valence-corrected chi connectivity index (χ3v) is 2.87. The third kappa shape index (κ3) is 4.60. The Kier molecular flexibility index (Phi) is 5.48. The van der Waals surface area contributed by atoms with E-state index in [4.69, 9.17) is 5.11 Å². The van der Waals surface area contributed by atoms with E-state index >= 15 is 0 Å². The summed E-state index contributed by atoms with van der Waals surface area (Å²) >= 11 is 0. The first kappa shape index (κ1) is 16.7. The molecule has 0 amide bonds. The quantitative estimate of drug-likeness (QED) is 0.653. The number of nitrogens with zero attached hydrogens (tertiary/aromatic N) is 2. The summed E-state index contributed by atoms with van der Waals surface area (Å²) in [5.74, 6) is -2.90. The van der Waals surface area contributed by atoms with Crippen molar-refractivity contribution < 1.29 is 24.9 Å². The molecule has 8 heteroatoms. The van der Waals surface area contributed by atoms with Crippen LogP contribution in [-0.2, 0) is 16.1 Å². The third-order valence-electron chi connectivity index (χ3n) is 2.87. The number of rotatable bonds is 7. The van der Waals surface area contributed by atoms with Crippen molar-refractivity contribution in [3.05, 3.63) is 28.2 Å². The van der Waals surface area contributed by atoms with Gasteiger partial charge < -0.3 is 24.8 Å². The molecule has 0 spiro atoms. The number of hydrogen-bond acceptors (Lipinski definition) is 5. The van der Waals surface area contributed by atoms with Gasteiger partial charge in [-0.3, -0.25) is 9.59 Å². The molecule has 1 aromatic heterocycles. The fourth-order valence-corrected chi connectivity index (χ4v) is 1.96. The molecule has 21 heavy (non-hydrogen) atoms. The van der Waals surface area contributed by atoms with Crippen molar-refractivity contribution in [2.24, 2.45) is 0 Å². The highest BCUT2D eigenvalue weighted by molar-refractivity contribution is 5.74. The van der Waals surface area contributed by atoms with E-state index in [1.54, 1.807) is 19.0 Å². The molecule has 0 aliphatic carbocycles. The van der Waals surface area contributed by atoms with Crippen molar-refractivity contribution in [3.63, 3.8) is 0 Å². The second-order valence-corrected chi connectivity index (χ2v) is 4.95. The molecule has 1 rings (SSSR count). The molecule has 1 heterocycles. The molecule has 116 valence electrons. The summed E-state index contributed by atoms with van der Waals surface area (Å²) in [6.07, 6.45) is 0.570. The lowest BCUT2D eigenvalue weighted by Gasteiger charge is -2.22. The van der Waals surface area contributed by atoms with Crippen LogP contribution >= 0.6 is 0 Å². The summed E-state index contributed by atoms with van der Waals surface area (Å²) in [5, 5.41) is 27.5. The van der Waals surface area contributed by atoms with E-state index < -0.39 is 29.2 Å². The molecule has 1 aromatic rings. The number of carboxylic acids is 2. The number of carboxylic acid groups (broad SMARTS) is 2. The Morgan fingerprint density at radius 1 is 1.33 bits per heavy atom. The Morgan fingerprint density at radius 3 is 2.43 bits per heavy atom. The Bertz CT molecular complexity index is 593. The van der Waals surface area contributed by atoms with Gasteiger partial charge in [0.25, 0.3) is 0 Å². The fourth-order valence-electron chi connectivity index (χ4n) is 1.96. The van der Waals surface area contributed by atoms with Gasteiger partial charge in [-0.1, -0.05) is 0 Å².